The first-order valence-corrected chi connectivity index (χ1v) is 17.1. The van der Waals surface area contributed by atoms with Crippen molar-refractivity contribution in [3.05, 3.63) is 181 Å². The fourth-order valence-corrected chi connectivity index (χ4v) is 6.01. The Morgan fingerprint density at radius 2 is 0.630 bits per heavy atom. The minimum absolute atomic E-state index is 0.727. The molecule has 0 saturated carbocycles. The van der Waals surface area contributed by atoms with Crippen molar-refractivity contribution < 1.29 is 0 Å². The second kappa shape index (κ2) is 14.4. The minimum atomic E-state index is 0.727. The lowest BCUT2D eigenvalue weighted by molar-refractivity contribution is 1.21. The van der Waals surface area contributed by atoms with Gasteiger partial charge in [-0.05, 0) is 84.9 Å². The van der Waals surface area contributed by atoms with Gasteiger partial charge in [0.25, 0.3) is 0 Å². The van der Waals surface area contributed by atoms with Crippen LogP contribution in [0.4, 0.5) is 0 Å². The Bertz CT molecular complexity index is 2610. The molecule has 8 aromatic heterocycles. The number of fused-ring (bicyclic) bond motifs is 3. The largest absolute Gasteiger partial charge is 0.255 e. The lowest BCUT2D eigenvalue weighted by Crippen LogP contribution is -1.94. The van der Waals surface area contributed by atoms with E-state index in [4.69, 9.17) is 19.9 Å². The molecule has 0 aliphatic carbocycles. The van der Waals surface area contributed by atoms with Crippen LogP contribution in [-0.4, -0.2) is 39.9 Å². The Balaban J connectivity index is 1.02. The molecule has 250 valence electrons. The van der Waals surface area contributed by atoms with E-state index in [-0.39, 0.29) is 0 Å². The number of nitrogens with zero attached hydrogens (tertiary/aromatic N) is 8. The van der Waals surface area contributed by atoms with E-state index in [0.29, 0.717) is 0 Å². The molecule has 8 heteroatoms. The molecule has 0 unspecified atom stereocenters. The SMILES string of the molecule is C(#Cc1cnc2c(ccc3cc(C#Cc4cc(-c5ccccn5)nc(-c5ccccn5)c4)cnc32)c1)c1cc(-c2ccccn2)nc(-c2ccccn2)c1. The van der Waals surface area contributed by atoms with E-state index in [0.717, 1.165) is 89.6 Å². The Kier molecular flexibility index (Phi) is 8.51. The van der Waals surface area contributed by atoms with Gasteiger partial charge < -0.3 is 0 Å². The lowest BCUT2D eigenvalue weighted by Gasteiger charge is -2.06. The quantitative estimate of drug-likeness (QED) is 0.134. The van der Waals surface area contributed by atoms with Gasteiger partial charge in [-0.15, -0.1) is 0 Å². The summed E-state index contributed by atoms with van der Waals surface area (Å²) in [6.45, 7) is 0. The summed E-state index contributed by atoms with van der Waals surface area (Å²) in [4.78, 5) is 37.3. The van der Waals surface area contributed by atoms with Crippen molar-refractivity contribution >= 4 is 21.8 Å². The van der Waals surface area contributed by atoms with Crippen molar-refractivity contribution in [3.63, 3.8) is 0 Å². The van der Waals surface area contributed by atoms with E-state index in [1.165, 1.54) is 0 Å². The molecular formula is C46H26N8. The highest BCUT2D eigenvalue weighted by Gasteiger charge is 2.10. The van der Waals surface area contributed by atoms with Crippen LogP contribution in [0.2, 0.25) is 0 Å². The number of benzene rings is 1. The summed E-state index contributed by atoms with van der Waals surface area (Å²) < 4.78 is 0. The minimum Gasteiger partial charge on any atom is -0.255 e. The van der Waals surface area contributed by atoms with Crippen LogP contribution in [0.15, 0.2) is 159 Å². The second-order valence-corrected chi connectivity index (χ2v) is 12.3. The van der Waals surface area contributed by atoms with Gasteiger partial charge in [-0.3, -0.25) is 29.9 Å². The number of hydrogen-bond acceptors (Lipinski definition) is 8. The van der Waals surface area contributed by atoms with Gasteiger partial charge in [-0.25, -0.2) is 9.97 Å². The van der Waals surface area contributed by atoms with Crippen LogP contribution in [0.3, 0.4) is 0 Å². The number of hydrogen-bond donors (Lipinski definition) is 0. The standard InChI is InChI=1S/C46H26N8/c1-5-19-47-37(9-1)41-25-31(26-42(53-41)38-10-2-6-20-48-38)13-15-33-23-35-17-18-36-24-34(30-52-46(36)45(35)51-29-33)16-14-32-27-43(39-11-3-7-21-49-39)54-44(28-32)40-12-4-8-22-50-40/h1-12,17-30H. The molecule has 0 bridgehead atoms. The van der Waals surface area contributed by atoms with Crippen molar-refractivity contribution in [2.45, 2.75) is 0 Å². The third-order valence-electron chi connectivity index (χ3n) is 8.56. The van der Waals surface area contributed by atoms with Gasteiger partial charge in [-0.2, -0.15) is 0 Å². The summed E-state index contributed by atoms with van der Waals surface area (Å²) in [6.07, 6.45) is 10.6. The van der Waals surface area contributed by atoms with Crippen LogP contribution in [0.5, 0.6) is 0 Å². The highest BCUT2D eigenvalue weighted by Crippen LogP contribution is 2.26. The smallest absolute Gasteiger partial charge is 0.0965 e. The molecule has 0 N–H and O–H groups in total. The first-order chi connectivity index (χ1) is 26.7. The van der Waals surface area contributed by atoms with E-state index >= 15 is 0 Å². The van der Waals surface area contributed by atoms with Crippen LogP contribution in [0, 0.1) is 23.7 Å². The molecule has 0 atom stereocenters. The monoisotopic (exact) mass is 690 g/mol. The molecule has 0 fully saturated rings. The summed E-state index contributed by atoms with van der Waals surface area (Å²) in [5.41, 5.74) is 10.7. The van der Waals surface area contributed by atoms with Crippen LogP contribution in [0.25, 0.3) is 67.4 Å². The number of aromatic nitrogens is 8. The van der Waals surface area contributed by atoms with Gasteiger partial charge in [0.15, 0.2) is 0 Å². The molecule has 8 nitrogen and oxygen atoms in total. The summed E-state index contributed by atoms with van der Waals surface area (Å²) in [5.74, 6) is 13.2. The zero-order valence-corrected chi connectivity index (χ0v) is 28.6. The summed E-state index contributed by atoms with van der Waals surface area (Å²) in [7, 11) is 0. The van der Waals surface area contributed by atoms with E-state index in [9.17, 15) is 0 Å². The van der Waals surface area contributed by atoms with E-state index in [1.807, 2.05) is 121 Å². The summed E-state index contributed by atoms with van der Waals surface area (Å²) in [5, 5.41) is 1.89. The third kappa shape index (κ3) is 6.87. The summed E-state index contributed by atoms with van der Waals surface area (Å²) in [6, 6.07) is 39.0. The highest BCUT2D eigenvalue weighted by atomic mass is 14.8. The molecule has 0 aliphatic rings. The van der Waals surface area contributed by atoms with Gasteiger partial charge in [0.2, 0.25) is 0 Å². The van der Waals surface area contributed by atoms with E-state index in [2.05, 4.69) is 43.6 Å². The maximum absolute atomic E-state index is 4.83. The molecule has 0 saturated heterocycles. The van der Waals surface area contributed by atoms with Crippen LogP contribution < -0.4 is 0 Å². The van der Waals surface area contributed by atoms with Gasteiger partial charge in [-0.1, -0.05) is 60.1 Å². The summed E-state index contributed by atoms with van der Waals surface area (Å²) >= 11 is 0. The van der Waals surface area contributed by atoms with Gasteiger partial charge >= 0.3 is 0 Å². The predicted molar refractivity (Wildman–Crippen MR) is 210 cm³/mol. The Morgan fingerprint density at radius 1 is 0.296 bits per heavy atom. The van der Waals surface area contributed by atoms with Gasteiger partial charge in [0.1, 0.15) is 0 Å². The predicted octanol–water partition coefficient (Wildman–Crippen LogP) is 8.62. The van der Waals surface area contributed by atoms with Crippen molar-refractivity contribution in [2.75, 3.05) is 0 Å². The van der Waals surface area contributed by atoms with E-state index < -0.39 is 0 Å². The number of pyridine rings is 8. The Morgan fingerprint density at radius 3 is 0.944 bits per heavy atom. The second-order valence-electron chi connectivity index (χ2n) is 12.3. The Hall–Kier alpha value is -7.94. The van der Waals surface area contributed by atoms with E-state index in [1.54, 1.807) is 37.2 Å². The normalized spacial score (nSPS) is 10.7. The maximum Gasteiger partial charge on any atom is 0.0965 e. The van der Waals surface area contributed by atoms with Crippen molar-refractivity contribution in [1.82, 2.24) is 39.9 Å². The fraction of sp³-hybridized carbons (Fsp3) is 0. The Labute approximate surface area is 310 Å². The maximum atomic E-state index is 4.83. The molecule has 1 aromatic carbocycles. The first kappa shape index (κ1) is 32.0. The van der Waals surface area contributed by atoms with Crippen LogP contribution in [0.1, 0.15) is 22.3 Å². The molecule has 8 heterocycles. The molecule has 0 spiro atoms. The van der Waals surface area contributed by atoms with Crippen LogP contribution >= 0.6 is 0 Å². The van der Waals surface area contributed by atoms with Crippen LogP contribution in [-0.2, 0) is 0 Å². The average molecular weight is 691 g/mol. The molecule has 0 radical (unpaired) electrons. The van der Waals surface area contributed by atoms with Crippen molar-refractivity contribution in [3.8, 4) is 69.2 Å². The third-order valence-corrected chi connectivity index (χ3v) is 8.56. The van der Waals surface area contributed by atoms with Gasteiger partial charge in [0.05, 0.1) is 56.6 Å². The van der Waals surface area contributed by atoms with Gasteiger partial charge in [0, 0.05) is 70.2 Å². The zero-order chi connectivity index (χ0) is 36.1. The average Bonchev–Trinajstić information content (AvgIpc) is 3.25. The first-order valence-electron chi connectivity index (χ1n) is 17.1. The molecule has 0 aliphatic heterocycles. The molecule has 9 rings (SSSR count). The lowest BCUT2D eigenvalue weighted by atomic mass is 10.1. The topological polar surface area (TPSA) is 103 Å². The van der Waals surface area contributed by atoms with Crippen molar-refractivity contribution in [1.29, 1.82) is 0 Å². The van der Waals surface area contributed by atoms with Crippen molar-refractivity contribution in [2.24, 2.45) is 0 Å². The highest BCUT2D eigenvalue weighted by molar-refractivity contribution is 6.03. The molecule has 9 aromatic rings. The molecular weight excluding hydrogens is 665 g/mol. The zero-order valence-electron chi connectivity index (χ0n) is 28.6. The number of rotatable bonds is 4. The molecule has 0 amide bonds. The molecule has 54 heavy (non-hydrogen) atoms. The fourth-order valence-electron chi connectivity index (χ4n) is 6.01.